The standard InChI is InChI=1S/C16H17FN2O2/c1-12-3-5-13(6-4-12)21-10-9-19(2)16(20)14-7-8-18-11-15(14)17/h3-8,11H,9-10H2,1-2H3. The molecule has 2 aromatic rings. The van der Waals surface area contributed by atoms with Crippen LogP contribution in [0, 0.1) is 12.7 Å². The maximum absolute atomic E-state index is 13.5. The van der Waals surface area contributed by atoms with Gasteiger partial charge >= 0.3 is 0 Å². The van der Waals surface area contributed by atoms with Gasteiger partial charge < -0.3 is 9.64 Å². The summed E-state index contributed by atoms with van der Waals surface area (Å²) in [6, 6.07) is 9.03. The van der Waals surface area contributed by atoms with Crippen molar-refractivity contribution in [2.45, 2.75) is 6.92 Å². The fourth-order valence-corrected chi connectivity index (χ4v) is 1.79. The number of ether oxygens (including phenoxy) is 1. The van der Waals surface area contributed by atoms with Crippen molar-refractivity contribution in [3.8, 4) is 5.75 Å². The lowest BCUT2D eigenvalue weighted by Crippen LogP contribution is -2.31. The topological polar surface area (TPSA) is 42.4 Å². The third-order valence-corrected chi connectivity index (χ3v) is 3.07. The molecule has 0 bridgehead atoms. The van der Waals surface area contributed by atoms with Crippen molar-refractivity contribution < 1.29 is 13.9 Å². The highest BCUT2D eigenvalue weighted by Gasteiger charge is 2.15. The number of amides is 1. The molecule has 4 nitrogen and oxygen atoms in total. The molecule has 21 heavy (non-hydrogen) atoms. The summed E-state index contributed by atoms with van der Waals surface area (Å²) in [6.07, 6.45) is 2.43. The zero-order valence-electron chi connectivity index (χ0n) is 12.0. The summed E-state index contributed by atoms with van der Waals surface area (Å²) in [4.78, 5) is 17.1. The second-order valence-electron chi connectivity index (χ2n) is 4.74. The Morgan fingerprint density at radius 2 is 2.00 bits per heavy atom. The van der Waals surface area contributed by atoms with Crippen molar-refractivity contribution in [2.75, 3.05) is 20.2 Å². The van der Waals surface area contributed by atoms with E-state index >= 15 is 0 Å². The molecule has 0 atom stereocenters. The number of nitrogens with zero attached hydrogens (tertiary/aromatic N) is 2. The lowest BCUT2D eigenvalue weighted by molar-refractivity contribution is 0.0769. The van der Waals surface area contributed by atoms with Crippen molar-refractivity contribution in [3.63, 3.8) is 0 Å². The lowest BCUT2D eigenvalue weighted by atomic mass is 10.2. The van der Waals surface area contributed by atoms with Crippen LogP contribution in [0.15, 0.2) is 42.7 Å². The van der Waals surface area contributed by atoms with Crippen molar-refractivity contribution in [2.24, 2.45) is 0 Å². The van der Waals surface area contributed by atoms with Gasteiger partial charge in [-0.25, -0.2) is 4.39 Å². The molecule has 0 aliphatic heterocycles. The van der Waals surface area contributed by atoms with Gasteiger partial charge in [0.1, 0.15) is 12.4 Å². The van der Waals surface area contributed by atoms with E-state index in [0.717, 1.165) is 17.5 Å². The molecule has 0 unspecified atom stereocenters. The molecule has 1 amide bonds. The zero-order chi connectivity index (χ0) is 15.2. The second kappa shape index (κ2) is 6.83. The molecule has 2 rings (SSSR count). The smallest absolute Gasteiger partial charge is 0.256 e. The van der Waals surface area contributed by atoms with Crippen molar-refractivity contribution >= 4 is 5.91 Å². The Bertz CT molecular complexity index is 614. The number of halogens is 1. The Hall–Kier alpha value is -2.43. The van der Waals surface area contributed by atoms with E-state index in [1.165, 1.54) is 17.2 Å². The largest absolute Gasteiger partial charge is 0.492 e. The Morgan fingerprint density at radius 3 is 2.67 bits per heavy atom. The average molecular weight is 288 g/mol. The van der Waals surface area contributed by atoms with Gasteiger partial charge in [0.2, 0.25) is 0 Å². The molecule has 0 fully saturated rings. The minimum atomic E-state index is -0.617. The predicted molar refractivity (Wildman–Crippen MR) is 77.8 cm³/mol. The maximum Gasteiger partial charge on any atom is 0.256 e. The van der Waals surface area contributed by atoms with E-state index in [9.17, 15) is 9.18 Å². The van der Waals surface area contributed by atoms with Gasteiger partial charge in [-0.05, 0) is 25.1 Å². The van der Waals surface area contributed by atoms with Crippen LogP contribution in [0.1, 0.15) is 15.9 Å². The first-order valence-electron chi connectivity index (χ1n) is 6.62. The van der Waals surface area contributed by atoms with E-state index in [1.54, 1.807) is 7.05 Å². The van der Waals surface area contributed by atoms with Crippen LogP contribution in [0.3, 0.4) is 0 Å². The molecule has 0 aliphatic carbocycles. The van der Waals surface area contributed by atoms with Crippen molar-refractivity contribution in [3.05, 3.63) is 59.7 Å². The van der Waals surface area contributed by atoms with E-state index < -0.39 is 5.82 Å². The van der Waals surface area contributed by atoms with Gasteiger partial charge in [-0.1, -0.05) is 17.7 Å². The fraction of sp³-hybridized carbons (Fsp3) is 0.250. The normalized spacial score (nSPS) is 10.2. The molecule has 1 aromatic carbocycles. The van der Waals surface area contributed by atoms with Gasteiger partial charge in [0.15, 0.2) is 5.82 Å². The molecule has 0 aliphatic rings. The van der Waals surface area contributed by atoms with E-state index in [2.05, 4.69) is 4.98 Å². The van der Waals surface area contributed by atoms with Gasteiger partial charge in [0.25, 0.3) is 5.91 Å². The van der Waals surface area contributed by atoms with Crippen LogP contribution in [-0.2, 0) is 0 Å². The zero-order valence-corrected chi connectivity index (χ0v) is 12.0. The Morgan fingerprint density at radius 1 is 1.29 bits per heavy atom. The molecule has 0 N–H and O–H groups in total. The monoisotopic (exact) mass is 288 g/mol. The lowest BCUT2D eigenvalue weighted by Gasteiger charge is -2.17. The van der Waals surface area contributed by atoms with E-state index in [4.69, 9.17) is 4.74 Å². The van der Waals surface area contributed by atoms with Gasteiger partial charge in [0.05, 0.1) is 18.3 Å². The number of benzene rings is 1. The van der Waals surface area contributed by atoms with Crippen LogP contribution >= 0.6 is 0 Å². The first-order chi connectivity index (χ1) is 10.1. The molecular formula is C16H17FN2O2. The number of carbonyl (C=O) groups is 1. The first kappa shape index (κ1) is 15.0. The summed E-state index contributed by atoms with van der Waals surface area (Å²) in [7, 11) is 1.61. The number of pyridine rings is 1. The number of hydrogen-bond donors (Lipinski definition) is 0. The van der Waals surface area contributed by atoms with Crippen LogP contribution in [0.25, 0.3) is 0 Å². The maximum atomic E-state index is 13.5. The Labute approximate surface area is 123 Å². The summed E-state index contributed by atoms with van der Waals surface area (Å²) < 4.78 is 19.0. The van der Waals surface area contributed by atoms with Crippen molar-refractivity contribution in [1.82, 2.24) is 9.88 Å². The molecular weight excluding hydrogens is 271 g/mol. The average Bonchev–Trinajstić information content (AvgIpc) is 2.49. The highest BCUT2D eigenvalue weighted by molar-refractivity contribution is 5.94. The predicted octanol–water partition coefficient (Wildman–Crippen LogP) is 2.68. The Balaban J connectivity index is 1.87. The van der Waals surface area contributed by atoms with Gasteiger partial charge in [0, 0.05) is 13.2 Å². The van der Waals surface area contributed by atoms with Gasteiger partial charge in [-0.3, -0.25) is 9.78 Å². The number of aryl methyl sites for hydroxylation is 1. The highest BCUT2D eigenvalue weighted by atomic mass is 19.1. The molecule has 0 spiro atoms. The van der Waals surface area contributed by atoms with Crippen LogP contribution in [0.2, 0.25) is 0 Å². The van der Waals surface area contributed by atoms with E-state index in [-0.39, 0.29) is 11.5 Å². The van der Waals surface area contributed by atoms with Crippen LogP contribution in [0.5, 0.6) is 5.75 Å². The SMILES string of the molecule is Cc1ccc(OCCN(C)C(=O)c2ccncc2F)cc1. The summed E-state index contributed by atoms with van der Waals surface area (Å²) in [5.74, 6) is -0.257. The first-order valence-corrected chi connectivity index (χ1v) is 6.62. The molecule has 1 aromatic heterocycles. The third-order valence-electron chi connectivity index (χ3n) is 3.07. The number of rotatable bonds is 5. The summed E-state index contributed by atoms with van der Waals surface area (Å²) in [6.45, 7) is 2.71. The van der Waals surface area contributed by atoms with Crippen LogP contribution < -0.4 is 4.74 Å². The minimum Gasteiger partial charge on any atom is -0.492 e. The number of likely N-dealkylation sites (N-methyl/N-ethyl adjacent to an activating group) is 1. The van der Waals surface area contributed by atoms with Crippen LogP contribution in [0.4, 0.5) is 4.39 Å². The molecule has 110 valence electrons. The van der Waals surface area contributed by atoms with E-state index in [1.807, 2.05) is 31.2 Å². The number of aromatic nitrogens is 1. The van der Waals surface area contributed by atoms with E-state index in [0.29, 0.717) is 13.2 Å². The van der Waals surface area contributed by atoms with Crippen LogP contribution in [-0.4, -0.2) is 36.0 Å². The fourth-order valence-electron chi connectivity index (χ4n) is 1.79. The molecule has 0 radical (unpaired) electrons. The Kier molecular flexibility index (Phi) is 4.87. The van der Waals surface area contributed by atoms with Gasteiger partial charge in [-0.15, -0.1) is 0 Å². The molecule has 0 saturated heterocycles. The van der Waals surface area contributed by atoms with Gasteiger partial charge in [-0.2, -0.15) is 0 Å². The number of carbonyl (C=O) groups excluding carboxylic acids is 1. The minimum absolute atomic E-state index is 0.0165. The highest BCUT2D eigenvalue weighted by Crippen LogP contribution is 2.12. The molecule has 0 saturated carbocycles. The molecule has 1 heterocycles. The van der Waals surface area contributed by atoms with Crippen molar-refractivity contribution in [1.29, 1.82) is 0 Å². The summed E-state index contributed by atoms with van der Waals surface area (Å²) in [5.41, 5.74) is 1.17. The number of hydrogen-bond acceptors (Lipinski definition) is 3. The second-order valence-corrected chi connectivity index (χ2v) is 4.74. The molecule has 5 heteroatoms. The summed E-state index contributed by atoms with van der Waals surface area (Å²) >= 11 is 0. The third kappa shape index (κ3) is 4.02. The quantitative estimate of drug-likeness (QED) is 0.849. The summed E-state index contributed by atoms with van der Waals surface area (Å²) in [5, 5.41) is 0.